The number of nitrogens with one attached hydrogen (secondary N) is 1. The van der Waals surface area contributed by atoms with Gasteiger partial charge in [-0.15, -0.1) is 0 Å². The fourth-order valence-electron chi connectivity index (χ4n) is 2.28. The molecule has 0 saturated heterocycles. The van der Waals surface area contributed by atoms with Crippen LogP contribution in [0.15, 0.2) is 48.5 Å². The Bertz CT molecular complexity index is 873. The normalized spacial score (nSPS) is 13.4. The van der Waals surface area contributed by atoms with Crippen LogP contribution in [0.1, 0.15) is 22.8 Å². The first-order valence-corrected chi connectivity index (χ1v) is 8.67. The molecular formula is C19H16ClF4NO4. The van der Waals surface area contributed by atoms with E-state index in [0.29, 0.717) is 0 Å². The van der Waals surface area contributed by atoms with Crippen molar-refractivity contribution < 1.29 is 36.6 Å². The monoisotopic (exact) mass is 433 g/mol. The van der Waals surface area contributed by atoms with Crippen molar-refractivity contribution >= 4 is 23.5 Å². The molecule has 0 aliphatic heterocycles. The van der Waals surface area contributed by atoms with Crippen LogP contribution < -0.4 is 5.32 Å². The number of carbonyl (C=O) groups excluding carboxylic acids is 2. The van der Waals surface area contributed by atoms with Gasteiger partial charge in [-0.3, -0.25) is 4.79 Å². The number of hydrogen-bond acceptors (Lipinski definition) is 4. The van der Waals surface area contributed by atoms with Gasteiger partial charge in [0.05, 0.1) is 13.2 Å². The Hall–Kier alpha value is -2.65. The van der Waals surface area contributed by atoms with Gasteiger partial charge in [-0.05, 0) is 42.8 Å². The molecule has 156 valence electrons. The molecule has 0 bridgehead atoms. The largest absolute Gasteiger partial charge is 0.462 e. The molecule has 1 amide bonds. The van der Waals surface area contributed by atoms with E-state index in [0.717, 1.165) is 18.2 Å². The average Bonchev–Trinajstić information content (AvgIpc) is 2.65. The van der Waals surface area contributed by atoms with Crippen molar-refractivity contribution in [1.29, 1.82) is 0 Å². The average molecular weight is 434 g/mol. The van der Waals surface area contributed by atoms with Gasteiger partial charge in [-0.25, -0.2) is 9.18 Å². The van der Waals surface area contributed by atoms with E-state index in [-0.39, 0.29) is 22.8 Å². The molecule has 1 N–H and O–H groups in total. The predicted octanol–water partition coefficient (Wildman–Crippen LogP) is 4.25. The Morgan fingerprint density at radius 3 is 2.31 bits per heavy atom. The number of amides is 1. The highest BCUT2D eigenvalue weighted by molar-refractivity contribution is 6.31. The minimum Gasteiger partial charge on any atom is -0.462 e. The third-order valence-electron chi connectivity index (χ3n) is 3.71. The highest BCUT2D eigenvalue weighted by Crippen LogP contribution is 2.34. The van der Waals surface area contributed by atoms with Crippen LogP contribution in [0.4, 0.5) is 17.6 Å². The Kier molecular flexibility index (Phi) is 7.21. The van der Waals surface area contributed by atoms with Crippen molar-refractivity contribution in [2.45, 2.75) is 25.4 Å². The Morgan fingerprint density at radius 1 is 1.10 bits per heavy atom. The SMILES string of the molecule is CCOC(=O)[C@@](NC(=O)c1cccc(Cl)c1)(OCc1ccc(F)cc1)C(F)(F)F. The van der Waals surface area contributed by atoms with Crippen LogP contribution in [-0.2, 0) is 20.9 Å². The summed E-state index contributed by atoms with van der Waals surface area (Å²) in [5.41, 5.74) is -3.86. The minimum atomic E-state index is -5.37. The van der Waals surface area contributed by atoms with E-state index in [1.54, 1.807) is 5.32 Å². The maximum absolute atomic E-state index is 13.9. The van der Waals surface area contributed by atoms with Gasteiger partial charge in [0.25, 0.3) is 5.91 Å². The van der Waals surface area contributed by atoms with Gasteiger partial charge < -0.3 is 14.8 Å². The fraction of sp³-hybridized carbons (Fsp3) is 0.263. The second-order valence-electron chi connectivity index (χ2n) is 5.78. The minimum absolute atomic E-state index is 0.110. The molecule has 10 heteroatoms. The first kappa shape index (κ1) is 22.6. The quantitative estimate of drug-likeness (QED) is 0.403. The third kappa shape index (κ3) is 5.45. The molecule has 0 radical (unpaired) electrons. The topological polar surface area (TPSA) is 64.6 Å². The van der Waals surface area contributed by atoms with Crippen molar-refractivity contribution in [2.75, 3.05) is 6.61 Å². The molecule has 0 fully saturated rings. The van der Waals surface area contributed by atoms with Crippen LogP contribution in [0, 0.1) is 5.82 Å². The third-order valence-corrected chi connectivity index (χ3v) is 3.94. The maximum atomic E-state index is 13.9. The van der Waals surface area contributed by atoms with Gasteiger partial charge in [0, 0.05) is 10.6 Å². The zero-order valence-corrected chi connectivity index (χ0v) is 15.8. The summed E-state index contributed by atoms with van der Waals surface area (Å²) in [6.07, 6.45) is -5.37. The zero-order chi connectivity index (χ0) is 21.7. The highest BCUT2D eigenvalue weighted by Gasteiger charge is 2.65. The molecule has 0 unspecified atom stereocenters. The van der Waals surface area contributed by atoms with E-state index in [1.165, 1.54) is 37.3 Å². The number of alkyl halides is 3. The molecule has 1 atom stereocenters. The fourth-order valence-corrected chi connectivity index (χ4v) is 2.47. The molecule has 2 aromatic carbocycles. The van der Waals surface area contributed by atoms with Crippen LogP contribution in [0.25, 0.3) is 0 Å². The number of rotatable bonds is 7. The smallest absolute Gasteiger partial charge is 0.448 e. The molecule has 0 aliphatic carbocycles. The second-order valence-corrected chi connectivity index (χ2v) is 6.22. The number of ether oxygens (including phenoxy) is 2. The summed E-state index contributed by atoms with van der Waals surface area (Å²) in [6.45, 7) is 0.163. The van der Waals surface area contributed by atoms with Gasteiger partial charge >= 0.3 is 17.9 Å². The molecule has 0 aliphatic rings. The number of esters is 1. The van der Waals surface area contributed by atoms with Gasteiger partial charge in [0.15, 0.2) is 0 Å². The molecule has 2 rings (SSSR count). The number of hydrogen-bond donors (Lipinski definition) is 1. The van der Waals surface area contributed by atoms with E-state index >= 15 is 0 Å². The summed E-state index contributed by atoms with van der Waals surface area (Å²) in [5, 5.41) is 1.70. The molecule has 29 heavy (non-hydrogen) atoms. The first-order chi connectivity index (χ1) is 13.6. The van der Waals surface area contributed by atoms with Gasteiger partial charge in [0.2, 0.25) is 0 Å². The molecule has 0 spiro atoms. The number of halogens is 5. The lowest BCUT2D eigenvalue weighted by Crippen LogP contribution is -2.66. The molecule has 0 heterocycles. The van der Waals surface area contributed by atoms with Crippen molar-refractivity contribution in [3.8, 4) is 0 Å². The standard InChI is InChI=1S/C19H16ClF4NO4/c1-2-28-17(27)18(19(22,23)24,29-11-12-6-8-15(21)9-7-12)25-16(26)13-4-3-5-14(20)10-13/h3-10H,2,11H2,1H3,(H,25,26)/t18-/m1/s1. The lowest BCUT2D eigenvalue weighted by molar-refractivity contribution is -0.287. The Labute approximate surface area is 168 Å². The summed E-state index contributed by atoms with van der Waals surface area (Å²) in [4.78, 5) is 24.7. The van der Waals surface area contributed by atoms with Crippen molar-refractivity contribution in [3.05, 3.63) is 70.5 Å². The van der Waals surface area contributed by atoms with E-state index in [4.69, 9.17) is 16.3 Å². The van der Waals surface area contributed by atoms with Crippen LogP contribution >= 0.6 is 11.6 Å². The van der Waals surface area contributed by atoms with Crippen molar-refractivity contribution in [2.24, 2.45) is 0 Å². The van der Waals surface area contributed by atoms with Crippen molar-refractivity contribution in [3.63, 3.8) is 0 Å². The molecule has 2 aromatic rings. The highest BCUT2D eigenvalue weighted by atomic mass is 35.5. The molecule has 5 nitrogen and oxygen atoms in total. The molecular weight excluding hydrogens is 418 g/mol. The lowest BCUT2D eigenvalue weighted by Gasteiger charge is -2.33. The number of carbonyl (C=O) groups is 2. The molecule has 0 aromatic heterocycles. The summed E-state index contributed by atoms with van der Waals surface area (Å²) in [7, 11) is 0. The van der Waals surface area contributed by atoms with E-state index in [2.05, 4.69) is 4.74 Å². The van der Waals surface area contributed by atoms with Crippen LogP contribution in [0.5, 0.6) is 0 Å². The summed E-state index contributed by atoms with van der Waals surface area (Å²) in [5.74, 6) is -3.70. The summed E-state index contributed by atoms with van der Waals surface area (Å²) in [6, 6.07) is 9.52. The number of benzene rings is 2. The van der Waals surface area contributed by atoms with Crippen LogP contribution in [0.3, 0.4) is 0 Å². The van der Waals surface area contributed by atoms with Gasteiger partial charge in [0.1, 0.15) is 5.82 Å². The summed E-state index contributed by atoms with van der Waals surface area (Å²) < 4.78 is 64.2. The molecule has 0 saturated carbocycles. The zero-order valence-electron chi connectivity index (χ0n) is 15.1. The Morgan fingerprint density at radius 2 is 1.76 bits per heavy atom. The van der Waals surface area contributed by atoms with Gasteiger partial charge in [-0.1, -0.05) is 29.8 Å². The van der Waals surface area contributed by atoms with E-state index in [9.17, 15) is 27.2 Å². The van der Waals surface area contributed by atoms with Gasteiger partial charge in [-0.2, -0.15) is 13.2 Å². The van der Waals surface area contributed by atoms with E-state index in [1.807, 2.05) is 0 Å². The van der Waals surface area contributed by atoms with Crippen LogP contribution in [-0.4, -0.2) is 30.4 Å². The Balaban J connectivity index is 2.40. The lowest BCUT2D eigenvalue weighted by atomic mass is 10.1. The second kappa shape index (κ2) is 9.23. The van der Waals surface area contributed by atoms with E-state index < -0.39 is 36.2 Å². The first-order valence-electron chi connectivity index (χ1n) is 8.29. The summed E-state index contributed by atoms with van der Waals surface area (Å²) >= 11 is 5.76. The maximum Gasteiger partial charge on any atom is 0.448 e. The van der Waals surface area contributed by atoms with Crippen molar-refractivity contribution in [1.82, 2.24) is 5.32 Å². The predicted molar refractivity (Wildman–Crippen MR) is 95.5 cm³/mol. The van der Waals surface area contributed by atoms with Crippen LogP contribution in [0.2, 0.25) is 5.02 Å².